The van der Waals surface area contributed by atoms with E-state index in [1.165, 1.54) is 6.26 Å². The van der Waals surface area contributed by atoms with Crippen molar-refractivity contribution in [1.29, 1.82) is 0 Å². The van der Waals surface area contributed by atoms with Crippen molar-refractivity contribution in [3.63, 3.8) is 0 Å². The maximum absolute atomic E-state index is 11.2. The number of H-pyrrole nitrogens is 1. The smallest absolute Gasteiger partial charge is 0.148 e. The molecular weight excluding hydrogens is 300 g/mol. The minimum atomic E-state index is -2.87. The molecule has 0 spiro atoms. The minimum Gasteiger partial charge on any atom is -0.367 e. The summed E-state index contributed by atoms with van der Waals surface area (Å²) in [4.78, 5) is 9.90. The Hall–Kier alpha value is -1.60. The third kappa shape index (κ3) is 3.98. The lowest BCUT2D eigenvalue weighted by Gasteiger charge is -2.32. The molecule has 0 aliphatic carbocycles. The third-order valence-corrected chi connectivity index (χ3v) is 5.05. The number of nitrogens with one attached hydrogen (secondary N) is 2. The molecule has 2 N–H and O–H groups in total. The van der Waals surface area contributed by atoms with E-state index in [9.17, 15) is 8.42 Å². The van der Waals surface area contributed by atoms with E-state index in [1.807, 2.05) is 18.3 Å². The zero-order valence-electron chi connectivity index (χ0n) is 12.7. The van der Waals surface area contributed by atoms with Gasteiger partial charge in [0.15, 0.2) is 0 Å². The molecule has 1 fully saturated rings. The first-order chi connectivity index (χ1) is 10.5. The fourth-order valence-electron chi connectivity index (χ4n) is 2.82. The maximum Gasteiger partial charge on any atom is 0.148 e. The first-order valence-electron chi connectivity index (χ1n) is 7.60. The molecule has 1 aliphatic rings. The quantitative estimate of drug-likeness (QED) is 0.872. The Morgan fingerprint density at radius 3 is 2.82 bits per heavy atom. The van der Waals surface area contributed by atoms with Gasteiger partial charge in [-0.25, -0.2) is 13.4 Å². The van der Waals surface area contributed by atoms with Gasteiger partial charge in [0.05, 0.1) is 5.75 Å². The summed E-state index contributed by atoms with van der Waals surface area (Å²) >= 11 is 0. The predicted octanol–water partition coefficient (Wildman–Crippen LogP) is 1.48. The van der Waals surface area contributed by atoms with E-state index in [2.05, 4.69) is 26.3 Å². The number of pyridine rings is 1. The Morgan fingerprint density at radius 2 is 2.09 bits per heavy atom. The largest absolute Gasteiger partial charge is 0.367 e. The lowest BCUT2D eigenvalue weighted by atomic mass is 10.1. The number of aromatic nitrogens is 2. The van der Waals surface area contributed by atoms with E-state index in [0.717, 1.165) is 42.8 Å². The average molecular weight is 322 g/mol. The van der Waals surface area contributed by atoms with Gasteiger partial charge in [-0.2, -0.15) is 0 Å². The van der Waals surface area contributed by atoms with E-state index >= 15 is 0 Å². The van der Waals surface area contributed by atoms with Crippen LogP contribution in [0.25, 0.3) is 11.0 Å². The fraction of sp³-hybridized carbons (Fsp3) is 0.533. The number of hydrogen-bond acceptors (Lipinski definition) is 5. The number of nitrogens with zero attached hydrogens (tertiary/aromatic N) is 2. The van der Waals surface area contributed by atoms with Gasteiger partial charge in [0.1, 0.15) is 21.3 Å². The molecule has 0 aromatic carbocycles. The van der Waals surface area contributed by atoms with E-state index in [-0.39, 0.29) is 5.75 Å². The number of piperidine rings is 1. The number of fused-ring (bicyclic) bond motifs is 1. The molecule has 22 heavy (non-hydrogen) atoms. The monoisotopic (exact) mass is 322 g/mol. The lowest BCUT2D eigenvalue weighted by molar-refractivity contribution is 0.230. The van der Waals surface area contributed by atoms with Crippen LogP contribution in [-0.2, 0) is 9.84 Å². The minimum absolute atomic E-state index is 0.246. The van der Waals surface area contributed by atoms with Gasteiger partial charge in [-0.05, 0) is 31.0 Å². The van der Waals surface area contributed by atoms with E-state index in [4.69, 9.17) is 0 Å². The SMILES string of the molecule is CS(=O)(=O)CCN1CCC(Nc2ccc3cc[nH]c3n2)CC1. The summed E-state index contributed by atoms with van der Waals surface area (Å²) in [7, 11) is -2.87. The Bertz CT molecular complexity index is 733. The van der Waals surface area contributed by atoms with E-state index in [1.54, 1.807) is 0 Å². The zero-order valence-corrected chi connectivity index (χ0v) is 13.6. The number of hydrogen-bond donors (Lipinski definition) is 2. The first kappa shape index (κ1) is 15.3. The Kier molecular flexibility index (Phi) is 4.35. The number of aromatic amines is 1. The zero-order chi connectivity index (χ0) is 15.6. The first-order valence-corrected chi connectivity index (χ1v) is 9.66. The van der Waals surface area contributed by atoms with Crippen LogP contribution in [0.3, 0.4) is 0 Å². The average Bonchev–Trinajstić information content (AvgIpc) is 2.93. The highest BCUT2D eigenvalue weighted by molar-refractivity contribution is 7.90. The Balaban J connectivity index is 1.51. The normalized spacial score (nSPS) is 17.9. The van der Waals surface area contributed by atoms with Gasteiger partial charge in [0.25, 0.3) is 0 Å². The molecular formula is C15H22N4O2S. The van der Waals surface area contributed by atoms with Crippen LogP contribution >= 0.6 is 0 Å². The van der Waals surface area contributed by atoms with Crippen molar-refractivity contribution in [3.8, 4) is 0 Å². The van der Waals surface area contributed by atoms with Crippen molar-refractivity contribution in [2.75, 3.05) is 37.0 Å². The Morgan fingerprint density at radius 1 is 1.32 bits per heavy atom. The highest BCUT2D eigenvalue weighted by Gasteiger charge is 2.20. The predicted molar refractivity (Wildman–Crippen MR) is 88.9 cm³/mol. The number of rotatable bonds is 5. The van der Waals surface area contributed by atoms with Crippen LogP contribution in [-0.4, -0.2) is 61.0 Å². The van der Waals surface area contributed by atoms with Gasteiger partial charge < -0.3 is 15.2 Å². The molecule has 3 heterocycles. The van der Waals surface area contributed by atoms with Gasteiger partial charge in [-0.1, -0.05) is 0 Å². The fourth-order valence-corrected chi connectivity index (χ4v) is 3.41. The Labute approximate surface area is 130 Å². The van der Waals surface area contributed by atoms with Crippen molar-refractivity contribution in [2.45, 2.75) is 18.9 Å². The van der Waals surface area contributed by atoms with Crippen LogP contribution in [0.4, 0.5) is 5.82 Å². The topological polar surface area (TPSA) is 78.1 Å². The van der Waals surface area contributed by atoms with Crippen molar-refractivity contribution in [2.24, 2.45) is 0 Å². The van der Waals surface area contributed by atoms with Crippen LogP contribution < -0.4 is 5.32 Å². The molecule has 0 saturated carbocycles. The van der Waals surface area contributed by atoms with Gasteiger partial charge in [-0.15, -0.1) is 0 Å². The molecule has 0 radical (unpaired) electrons. The summed E-state index contributed by atoms with van der Waals surface area (Å²) in [5, 5.41) is 4.59. The van der Waals surface area contributed by atoms with Gasteiger partial charge in [-0.3, -0.25) is 0 Å². The lowest BCUT2D eigenvalue weighted by Crippen LogP contribution is -2.41. The highest BCUT2D eigenvalue weighted by Crippen LogP contribution is 2.18. The van der Waals surface area contributed by atoms with Crippen LogP contribution in [0.15, 0.2) is 24.4 Å². The number of likely N-dealkylation sites (tertiary alicyclic amines) is 1. The molecule has 3 rings (SSSR count). The standard InChI is InChI=1S/C15H22N4O2S/c1-22(20,21)11-10-19-8-5-13(6-9-19)17-14-3-2-12-4-7-16-15(12)18-14/h2-4,7,13H,5-6,8-11H2,1H3,(H2,16,17,18). The van der Waals surface area contributed by atoms with Crippen LogP contribution in [0.1, 0.15) is 12.8 Å². The summed E-state index contributed by atoms with van der Waals surface area (Å²) in [6, 6.07) is 6.47. The van der Waals surface area contributed by atoms with Crippen molar-refractivity contribution >= 4 is 26.7 Å². The van der Waals surface area contributed by atoms with E-state index < -0.39 is 9.84 Å². The van der Waals surface area contributed by atoms with Crippen molar-refractivity contribution in [3.05, 3.63) is 24.4 Å². The molecule has 0 bridgehead atoms. The summed E-state index contributed by atoms with van der Waals surface area (Å²) in [5.74, 6) is 1.14. The number of anilines is 1. The summed E-state index contributed by atoms with van der Waals surface area (Å²) in [5.41, 5.74) is 0.899. The van der Waals surface area contributed by atoms with Crippen molar-refractivity contribution in [1.82, 2.24) is 14.9 Å². The van der Waals surface area contributed by atoms with Gasteiger partial charge >= 0.3 is 0 Å². The molecule has 7 heteroatoms. The maximum atomic E-state index is 11.2. The van der Waals surface area contributed by atoms with Crippen LogP contribution in [0.2, 0.25) is 0 Å². The van der Waals surface area contributed by atoms with Crippen LogP contribution in [0.5, 0.6) is 0 Å². The molecule has 1 aliphatic heterocycles. The van der Waals surface area contributed by atoms with Gasteiger partial charge in [0, 0.05) is 43.5 Å². The van der Waals surface area contributed by atoms with Crippen molar-refractivity contribution < 1.29 is 8.42 Å². The molecule has 2 aromatic heterocycles. The number of sulfone groups is 1. The molecule has 0 atom stereocenters. The summed E-state index contributed by atoms with van der Waals surface area (Å²) in [6.45, 7) is 2.49. The molecule has 1 saturated heterocycles. The summed E-state index contributed by atoms with van der Waals surface area (Å²) < 4.78 is 22.4. The third-order valence-electron chi connectivity index (χ3n) is 4.13. The highest BCUT2D eigenvalue weighted by atomic mass is 32.2. The second kappa shape index (κ2) is 6.26. The second-order valence-electron chi connectivity index (χ2n) is 6.00. The summed E-state index contributed by atoms with van der Waals surface area (Å²) in [6.07, 6.45) is 5.20. The molecule has 0 unspecified atom stereocenters. The molecule has 6 nitrogen and oxygen atoms in total. The molecule has 2 aromatic rings. The van der Waals surface area contributed by atoms with Gasteiger partial charge in [0.2, 0.25) is 0 Å². The van der Waals surface area contributed by atoms with E-state index in [0.29, 0.717) is 12.6 Å². The molecule has 0 amide bonds. The molecule has 120 valence electrons. The van der Waals surface area contributed by atoms with Crippen LogP contribution in [0, 0.1) is 0 Å². The second-order valence-corrected chi connectivity index (χ2v) is 8.26.